The molecule has 0 saturated carbocycles. The van der Waals surface area contributed by atoms with E-state index in [4.69, 9.17) is 30.6 Å². The lowest BCUT2D eigenvalue weighted by Gasteiger charge is -2.03. The molecular weight excluding hydrogens is 720 g/mol. The van der Waals surface area contributed by atoms with Gasteiger partial charge in [-0.25, -0.2) is 9.59 Å². The average molecular weight is 769 g/mol. The zero-order chi connectivity index (χ0) is 41.6. The molecule has 0 atom stereocenters. The van der Waals surface area contributed by atoms with Crippen LogP contribution in [0.1, 0.15) is 79.8 Å². The standard InChI is InChI=1S/C12H14O4.C12H10O4.C12H18O2.C8H6O2/c2*13-11(14)6-4-9-2-1-3-10(8-9)5-7-12(15)16;13-8-2-6-11-4-1-5-12(10-11)7-3-9-14;9-5-7-2-1-3-8(4-7)6-10/h1-3,8H,4-7H2,(H,13,14)(H,15,16);1-8H,(H,13,14)(H,15,16);1,4-5,10,13-14H,2-3,6-9H2;1-6H/b;6-4+,7-5+;;. The number of aldehydes is 2. The van der Waals surface area contributed by atoms with Crippen molar-refractivity contribution in [2.75, 3.05) is 13.2 Å². The van der Waals surface area contributed by atoms with Crippen molar-refractivity contribution in [3.63, 3.8) is 0 Å². The van der Waals surface area contributed by atoms with Gasteiger partial charge in [0, 0.05) is 49.3 Å². The van der Waals surface area contributed by atoms with E-state index in [1.165, 1.54) is 23.3 Å². The van der Waals surface area contributed by atoms with Gasteiger partial charge in [-0.2, -0.15) is 0 Å². The summed E-state index contributed by atoms with van der Waals surface area (Å²) in [6.07, 6.45) is 11.1. The maximum atomic E-state index is 10.4. The third-order valence-electron chi connectivity index (χ3n) is 7.42. The van der Waals surface area contributed by atoms with Crippen LogP contribution in [0, 0.1) is 0 Å². The first-order valence-electron chi connectivity index (χ1n) is 17.6. The third-order valence-corrected chi connectivity index (χ3v) is 7.42. The number of carboxylic acids is 4. The molecule has 0 radical (unpaired) electrons. The van der Waals surface area contributed by atoms with Crippen LogP contribution >= 0.6 is 0 Å². The number of aryl methyl sites for hydroxylation is 4. The summed E-state index contributed by atoms with van der Waals surface area (Å²) in [6.45, 7) is 0.502. The molecule has 0 heterocycles. The molecule has 0 aliphatic heterocycles. The van der Waals surface area contributed by atoms with Gasteiger partial charge in [-0.15, -0.1) is 0 Å². The number of carbonyl (C=O) groups is 6. The molecule has 6 N–H and O–H groups in total. The molecule has 0 saturated heterocycles. The van der Waals surface area contributed by atoms with Gasteiger partial charge in [-0.3, -0.25) is 19.2 Å². The van der Waals surface area contributed by atoms with E-state index >= 15 is 0 Å². The second-order valence-corrected chi connectivity index (χ2v) is 12.0. The summed E-state index contributed by atoms with van der Waals surface area (Å²) in [5, 5.41) is 51.4. The lowest BCUT2D eigenvalue weighted by atomic mass is 10.0. The maximum absolute atomic E-state index is 10.4. The van der Waals surface area contributed by atoms with Crippen LogP contribution < -0.4 is 0 Å². The third kappa shape index (κ3) is 23.9. The Hall–Kier alpha value is -6.50. The van der Waals surface area contributed by atoms with Crippen molar-refractivity contribution in [2.45, 2.75) is 51.4 Å². The highest BCUT2D eigenvalue weighted by Crippen LogP contribution is 2.11. The summed E-state index contributed by atoms with van der Waals surface area (Å²) in [6, 6.07) is 29.2. The first-order valence-corrected chi connectivity index (χ1v) is 17.6. The lowest BCUT2D eigenvalue weighted by Crippen LogP contribution is -2.00. The van der Waals surface area contributed by atoms with E-state index in [9.17, 15) is 28.8 Å². The summed E-state index contributed by atoms with van der Waals surface area (Å²) in [7, 11) is 0. The molecule has 0 unspecified atom stereocenters. The Bertz CT molecular complexity index is 1780. The second kappa shape index (κ2) is 28.9. The van der Waals surface area contributed by atoms with E-state index in [1.807, 2.05) is 30.3 Å². The molecule has 4 aromatic rings. The topological polar surface area (TPSA) is 224 Å². The molecule has 0 aliphatic carbocycles. The van der Waals surface area contributed by atoms with Crippen LogP contribution in [-0.2, 0) is 44.9 Å². The Balaban J connectivity index is 0.000000378. The number of aliphatic carboxylic acids is 4. The normalized spacial score (nSPS) is 10.2. The van der Waals surface area contributed by atoms with Gasteiger partial charge in [-0.1, -0.05) is 84.9 Å². The van der Waals surface area contributed by atoms with Gasteiger partial charge >= 0.3 is 23.9 Å². The van der Waals surface area contributed by atoms with Gasteiger partial charge in [0.05, 0.1) is 0 Å². The van der Waals surface area contributed by atoms with Crippen molar-refractivity contribution in [3.05, 3.63) is 154 Å². The Kier molecular flexibility index (Phi) is 24.6. The highest BCUT2D eigenvalue weighted by atomic mass is 16.4. The van der Waals surface area contributed by atoms with E-state index < -0.39 is 23.9 Å². The number of hydrogen-bond acceptors (Lipinski definition) is 8. The molecule has 296 valence electrons. The predicted octanol–water partition coefficient (Wildman–Crippen LogP) is 6.45. The highest BCUT2D eigenvalue weighted by molar-refractivity contribution is 5.87. The average Bonchev–Trinajstić information content (AvgIpc) is 3.20. The molecule has 0 aliphatic rings. The van der Waals surface area contributed by atoms with E-state index in [1.54, 1.807) is 48.5 Å². The number of benzene rings is 4. The summed E-state index contributed by atoms with van der Waals surface area (Å²) in [5.74, 6) is -3.69. The summed E-state index contributed by atoms with van der Waals surface area (Å²) < 4.78 is 0. The molecule has 0 fully saturated rings. The Morgan fingerprint density at radius 3 is 1.09 bits per heavy atom. The Morgan fingerprint density at radius 1 is 0.446 bits per heavy atom. The molecule has 4 rings (SSSR count). The van der Waals surface area contributed by atoms with Crippen LogP contribution in [0.5, 0.6) is 0 Å². The first kappa shape index (κ1) is 47.5. The zero-order valence-corrected chi connectivity index (χ0v) is 30.9. The van der Waals surface area contributed by atoms with Crippen molar-refractivity contribution in [3.8, 4) is 0 Å². The summed E-state index contributed by atoms with van der Waals surface area (Å²) in [5.41, 5.74) is 6.89. The minimum atomic E-state index is -1.02. The van der Waals surface area contributed by atoms with Crippen molar-refractivity contribution in [1.29, 1.82) is 0 Å². The fourth-order valence-electron chi connectivity index (χ4n) is 4.76. The summed E-state index contributed by atoms with van der Waals surface area (Å²) in [4.78, 5) is 61.7. The number of carbonyl (C=O) groups excluding carboxylic acids is 2. The van der Waals surface area contributed by atoms with Gasteiger partial charge in [-0.05, 0) is 96.2 Å². The van der Waals surface area contributed by atoms with Crippen molar-refractivity contribution < 1.29 is 59.4 Å². The van der Waals surface area contributed by atoms with Crippen molar-refractivity contribution in [2.24, 2.45) is 0 Å². The van der Waals surface area contributed by atoms with Gasteiger partial charge in [0.1, 0.15) is 12.6 Å². The van der Waals surface area contributed by atoms with Crippen LogP contribution in [0.3, 0.4) is 0 Å². The van der Waals surface area contributed by atoms with Crippen LogP contribution in [0.15, 0.2) is 109 Å². The van der Waals surface area contributed by atoms with Crippen LogP contribution in [0.4, 0.5) is 0 Å². The molecule has 0 spiro atoms. The van der Waals surface area contributed by atoms with E-state index in [-0.39, 0.29) is 26.1 Å². The van der Waals surface area contributed by atoms with Crippen molar-refractivity contribution >= 4 is 48.6 Å². The largest absolute Gasteiger partial charge is 0.481 e. The number of rotatable bonds is 18. The minimum Gasteiger partial charge on any atom is -0.481 e. The molecule has 4 aromatic carbocycles. The fraction of sp³-hybridized carbons (Fsp3) is 0.227. The molecule has 0 amide bonds. The van der Waals surface area contributed by atoms with E-state index in [2.05, 4.69) is 18.2 Å². The minimum absolute atomic E-state index is 0.0996. The zero-order valence-electron chi connectivity index (χ0n) is 30.9. The molecule has 0 bridgehead atoms. The number of hydrogen-bond donors (Lipinski definition) is 6. The smallest absolute Gasteiger partial charge is 0.328 e. The van der Waals surface area contributed by atoms with Crippen LogP contribution in [-0.4, -0.2) is 80.3 Å². The summed E-state index contributed by atoms with van der Waals surface area (Å²) >= 11 is 0. The highest BCUT2D eigenvalue weighted by Gasteiger charge is 2.03. The number of aliphatic hydroxyl groups is 2. The van der Waals surface area contributed by atoms with Gasteiger partial charge in [0.2, 0.25) is 0 Å². The van der Waals surface area contributed by atoms with Crippen LogP contribution in [0.2, 0.25) is 0 Å². The van der Waals surface area contributed by atoms with Crippen molar-refractivity contribution in [1.82, 2.24) is 0 Å². The van der Waals surface area contributed by atoms with Gasteiger partial charge in [0.15, 0.2) is 0 Å². The van der Waals surface area contributed by atoms with Gasteiger partial charge < -0.3 is 30.6 Å². The molecule has 0 aromatic heterocycles. The van der Waals surface area contributed by atoms with E-state index in [0.717, 1.165) is 49.0 Å². The van der Waals surface area contributed by atoms with E-state index in [0.29, 0.717) is 47.7 Å². The maximum Gasteiger partial charge on any atom is 0.328 e. The first-order chi connectivity index (χ1) is 26.9. The second-order valence-electron chi connectivity index (χ2n) is 12.0. The molecule has 12 heteroatoms. The quantitative estimate of drug-likeness (QED) is 0.0475. The molecule has 12 nitrogen and oxygen atoms in total. The molecular formula is C44H48O12. The fourth-order valence-corrected chi connectivity index (χ4v) is 4.76. The Morgan fingerprint density at radius 2 is 0.768 bits per heavy atom. The SMILES string of the molecule is O=C(O)/C=C/c1cccc(/C=C/C(=O)O)c1.O=C(O)CCc1cccc(CCC(=O)O)c1.O=Cc1cccc(C=O)c1.OCCCc1cccc(CCCO)c1. The number of carboxylic acid groups (broad SMARTS) is 4. The monoisotopic (exact) mass is 768 g/mol. The number of aliphatic hydroxyl groups excluding tert-OH is 2. The predicted molar refractivity (Wildman–Crippen MR) is 213 cm³/mol. The molecule has 56 heavy (non-hydrogen) atoms. The lowest BCUT2D eigenvalue weighted by molar-refractivity contribution is -0.137. The Labute approximate surface area is 325 Å². The van der Waals surface area contributed by atoms with Gasteiger partial charge in [0.25, 0.3) is 0 Å². The van der Waals surface area contributed by atoms with Crippen LogP contribution in [0.25, 0.3) is 12.2 Å².